The van der Waals surface area contributed by atoms with E-state index in [9.17, 15) is 14.7 Å². The molecular weight excluding hydrogens is 292 g/mol. The molecule has 114 valence electrons. The summed E-state index contributed by atoms with van der Waals surface area (Å²) in [5.74, 6) is -0.985. The number of phenols is 1. The number of anilines is 1. The summed E-state index contributed by atoms with van der Waals surface area (Å²) in [6.45, 7) is 0. The minimum atomic E-state index is -0.499. The summed E-state index contributed by atoms with van der Waals surface area (Å²) in [4.78, 5) is 29.4. The lowest BCUT2D eigenvalue weighted by atomic mass is 9.97. The summed E-state index contributed by atoms with van der Waals surface area (Å²) in [5.41, 5.74) is 2.18. The van der Waals surface area contributed by atoms with Crippen LogP contribution in [0.25, 0.3) is 10.9 Å². The summed E-state index contributed by atoms with van der Waals surface area (Å²) in [7, 11) is 0. The van der Waals surface area contributed by atoms with Crippen LogP contribution in [-0.4, -0.2) is 21.9 Å². The molecule has 1 aliphatic heterocycles. The molecule has 2 aromatic carbocycles. The molecule has 0 spiro atoms. The van der Waals surface area contributed by atoms with Gasteiger partial charge in [0.2, 0.25) is 11.8 Å². The molecule has 1 aliphatic rings. The van der Waals surface area contributed by atoms with Gasteiger partial charge in [0.1, 0.15) is 5.75 Å². The van der Waals surface area contributed by atoms with E-state index in [1.54, 1.807) is 18.3 Å². The van der Waals surface area contributed by atoms with Gasteiger partial charge in [0.05, 0.1) is 11.6 Å². The second kappa shape index (κ2) is 4.98. The first-order valence-electron chi connectivity index (χ1n) is 7.37. The van der Waals surface area contributed by atoms with E-state index in [4.69, 9.17) is 0 Å². The highest BCUT2D eigenvalue weighted by molar-refractivity contribution is 6.23. The number of fused-ring (bicyclic) bond motifs is 1. The van der Waals surface area contributed by atoms with Crippen molar-refractivity contribution < 1.29 is 14.7 Å². The van der Waals surface area contributed by atoms with Crippen LogP contribution in [0.3, 0.4) is 0 Å². The molecule has 0 radical (unpaired) electrons. The Hall–Kier alpha value is -3.08. The number of para-hydroxylation sites is 1. The molecule has 0 bridgehead atoms. The third-order valence-corrected chi connectivity index (χ3v) is 4.23. The van der Waals surface area contributed by atoms with Crippen LogP contribution in [0.15, 0.2) is 54.7 Å². The van der Waals surface area contributed by atoms with Crippen LogP contribution in [0.2, 0.25) is 0 Å². The number of aromatic nitrogens is 1. The zero-order chi connectivity index (χ0) is 16.0. The molecule has 0 unspecified atom stereocenters. The topological polar surface area (TPSA) is 73.4 Å². The highest BCUT2D eigenvalue weighted by Gasteiger charge is 2.41. The summed E-state index contributed by atoms with van der Waals surface area (Å²) in [5, 5.41) is 10.5. The Kier molecular flexibility index (Phi) is 2.94. The number of aromatic hydroxyl groups is 1. The predicted octanol–water partition coefficient (Wildman–Crippen LogP) is 2.92. The van der Waals surface area contributed by atoms with Gasteiger partial charge in [-0.2, -0.15) is 0 Å². The van der Waals surface area contributed by atoms with Gasteiger partial charge in [0, 0.05) is 29.6 Å². The number of carbonyl (C=O) groups excluding carboxylic acids is 2. The zero-order valence-electron chi connectivity index (χ0n) is 12.2. The number of H-pyrrole nitrogens is 1. The fourth-order valence-corrected chi connectivity index (χ4v) is 3.16. The van der Waals surface area contributed by atoms with E-state index >= 15 is 0 Å². The van der Waals surface area contributed by atoms with E-state index in [0.29, 0.717) is 5.69 Å². The van der Waals surface area contributed by atoms with Crippen LogP contribution in [-0.2, 0) is 9.59 Å². The first kappa shape index (κ1) is 13.6. The average Bonchev–Trinajstić information content (AvgIpc) is 3.08. The molecule has 2 amide bonds. The van der Waals surface area contributed by atoms with Gasteiger partial charge in [0.25, 0.3) is 0 Å². The molecule has 1 atom stereocenters. The van der Waals surface area contributed by atoms with Gasteiger partial charge in [-0.05, 0) is 23.8 Å². The maximum atomic E-state index is 12.8. The summed E-state index contributed by atoms with van der Waals surface area (Å²) in [6, 6.07) is 13.9. The van der Waals surface area contributed by atoms with Crippen LogP contribution < -0.4 is 4.90 Å². The van der Waals surface area contributed by atoms with E-state index in [0.717, 1.165) is 21.4 Å². The smallest absolute Gasteiger partial charge is 0.241 e. The van der Waals surface area contributed by atoms with Gasteiger partial charge >= 0.3 is 0 Å². The molecule has 1 fully saturated rings. The Morgan fingerprint density at radius 2 is 1.91 bits per heavy atom. The number of nitrogens with zero attached hydrogens (tertiary/aromatic N) is 1. The summed E-state index contributed by atoms with van der Waals surface area (Å²) >= 11 is 0. The minimum Gasteiger partial charge on any atom is -0.508 e. The molecule has 23 heavy (non-hydrogen) atoms. The standard InChI is InChI=1S/C18H14N2O3/c21-12-5-3-4-11(8-12)20-17(22)9-14(18(20)23)15-10-19-16-7-2-1-6-13(15)16/h1-8,10,14,19,21H,9H2/t14-/m1/s1. The highest BCUT2D eigenvalue weighted by atomic mass is 16.3. The van der Waals surface area contributed by atoms with Crippen molar-refractivity contribution >= 4 is 28.4 Å². The van der Waals surface area contributed by atoms with Gasteiger partial charge in [-0.15, -0.1) is 0 Å². The maximum absolute atomic E-state index is 12.8. The van der Waals surface area contributed by atoms with Crippen LogP contribution in [0.5, 0.6) is 5.75 Å². The van der Waals surface area contributed by atoms with Crippen molar-refractivity contribution in [1.29, 1.82) is 0 Å². The van der Waals surface area contributed by atoms with Gasteiger partial charge in [-0.1, -0.05) is 24.3 Å². The molecule has 5 nitrogen and oxygen atoms in total. The van der Waals surface area contributed by atoms with E-state index < -0.39 is 5.92 Å². The van der Waals surface area contributed by atoms with Crippen molar-refractivity contribution in [3.8, 4) is 5.75 Å². The third-order valence-electron chi connectivity index (χ3n) is 4.23. The van der Waals surface area contributed by atoms with Crippen LogP contribution in [0.4, 0.5) is 5.69 Å². The average molecular weight is 306 g/mol. The van der Waals surface area contributed by atoms with Crippen LogP contribution in [0, 0.1) is 0 Å². The maximum Gasteiger partial charge on any atom is 0.241 e. The molecule has 0 aliphatic carbocycles. The minimum absolute atomic E-state index is 0.0265. The molecule has 4 rings (SSSR count). The van der Waals surface area contributed by atoms with Gasteiger partial charge in [-0.3, -0.25) is 9.59 Å². The van der Waals surface area contributed by atoms with Crippen molar-refractivity contribution in [1.82, 2.24) is 4.98 Å². The van der Waals surface area contributed by atoms with E-state index in [-0.39, 0.29) is 24.0 Å². The number of benzene rings is 2. The third kappa shape index (κ3) is 2.09. The Morgan fingerprint density at radius 1 is 1.09 bits per heavy atom. The molecule has 1 aromatic heterocycles. The van der Waals surface area contributed by atoms with Crippen molar-refractivity contribution in [2.75, 3.05) is 4.90 Å². The van der Waals surface area contributed by atoms with E-state index in [1.807, 2.05) is 24.3 Å². The first-order chi connectivity index (χ1) is 11.1. The van der Waals surface area contributed by atoms with Gasteiger partial charge in [-0.25, -0.2) is 4.90 Å². The number of aromatic amines is 1. The quantitative estimate of drug-likeness (QED) is 0.715. The van der Waals surface area contributed by atoms with Crippen molar-refractivity contribution in [3.05, 3.63) is 60.3 Å². The van der Waals surface area contributed by atoms with Crippen molar-refractivity contribution in [2.45, 2.75) is 12.3 Å². The number of amides is 2. The highest BCUT2D eigenvalue weighted by Crippen LogP contribution is 2.37. The number of nitrogens with one attached hydrogen (secondary N) is 1. The van der Waals surface area contributed by atoms with E-state index in [2.05, 4.69) is 4.98 Å². The zero-order valence-corrected chi connectivity index (χ0v) is 12.2. The lowest BCUT2D eigenvalue weighted by molar-refractivity contribution is -0.121. The molecule has 3 aromatic rings. The second-order valence-electron chi connectivity index (χ2n) is 5.63. The fourth-order valence-electron chi connectivity index (χ4n) is 3.16. The van der Waals surface area contributed by atoms with E-state index in [1.165, 1.54) is 12.1 Å². The lowest BCUT2D eigenvalue weighted by Gasteiger charge is -2.15. The molecule has 2 N–H and O–H groups in total. The lowest BCUT2D eigenvalue weighted by Crippen LogP contribution is -2.29. The second-order valence-corrected chi connectivity index (χ2v) is 5.63. The molecule has 0 saturated carbocycles. The molecule has 2 heterocycles. The predicted molar refractivity (Wildman–Crippen MR) is 86.3 cm³/mol. The summed E-state index contributed by atoms with van der Waals surface area (Å²) in [6.07, 6.45) is 1.93. The normalized spacial score (nSPS) is 18.1. The Balaban J connectivity index is 1.75. The number of hydrogen-bond donors (Lipinski definition) is 2. The van der Waals surface area contributed by atoms with Crippen molar-refractivity contribution in [3.63, 3.8) is 0 Å². The molecule has 1 saturated heterocycles. The van der Waals surface area contributed by atoms with Gasteiger partial charge < -0.3 is 10.1 Å². The largest absolute Gasteiger partial charge is 0.508 e. The number of rotatable bonds is 2. The SMILES string of the molecule is O=C1C[C@H](c2c[nH]c3ccccc23)C(=O)N1c1cccc(O)c1. The Morgan fingerprint density at radius 3 is 2.74 bits per heavy atom. The van der Waals surface area contributed by atoms with Crippen LogP contribution in [0.1, 0.15) is 17.9 Å². The Bertz CT molecular complexity index is 929. The Labute approximate surface area is 132 Å². The van der Waals surface area contributed by atoms with Crippen molar-refractivity contribution in [2.24, 2.45) is 0 Å². The number of carbonyl (C=O) groups is 2. The number of hydrogen-bond acceptors (Lipinski definition) is 3. The number of imide groups is 1. The molecule has 5 heteroatoms. The van der Waals surface area contributed by atoms with Gasteiger partial charge in [0.15, 0.2) is 0 Å². The number of phenolic OH excluding ortho intramolecular Hbond substituents is 1. The fraction of sp³-hybridized carbons (Fsp3) is 0.111. The first-order valence-corrected chi connectivity index (χ1v) is 7.37. The monoisotopic (exact) mass is 306 g/mol. The molecular formula is C18H14N2O3. The summed E-state index contributed by atoms with van der Waals surface area (Å²) < 4.78 is 0. The van der Waals surface area contributed by atoms with Crippen LogP contribution >= 0.6 is 0 Å².